The van der Waals surface area contributed by atoms with Gasteiger partial charge in [-0.15, -0.1) is 0 Å². The van der Waals surface area contributed by atoms with E-state index >= 15 is 0 Å². The molecule has 0 saturated carbocycles. The molecule has 19 heavy (non-hydrogen) atoms. The van der Waals surface area contributed by atoms with Crippen molar-refractivity contribution in [2.24, 2.45) is 0 Å². The molecule has 0 aromatic heterocycles. The first-order valence-electron chi connectivity index (χ1n) is 5.63. The third-order valence-corrected chi connectivity index (χ3v) is 3.42. The molecule has 0 bridgehead atoms. The van der Waals surface area contributed by atoms with Gasteiger partial charge in [0.1, 0.15) is 5.97 Å². The van der Waals surface area contributed by atoms with Crippen molar-refractivity contribution in [2.45, 2.75) is 5.33 Å². The number of carboxylic acid groups (broad SMARTS) is 1. The fraction of sp³-hybridized carbons (Fsp3) is 0.0667. The second-order valence-electron chi connectivity index (χ2n) is 4.02. The van der Waals surface area contributed by atoms with Gasteiger partial charge in [-0.25, -0.2) is 0 Å². The molecule has 2 rings (SSSR count). The van der Waals surface area contributed by atoms with Crippen LogP contribution < -0.4 is 5.11 Å². The van der Waals surface area contributed by atoms with Gasteiger partial charge in [0, 0.05) is 10.9 Å². The molecule has 0 amide bonds. The van der Waals surface area contributed by atoms with Crippen LogP contribution >= 0.6 is 15.9 Å². The number of alkyl halides is 1. The van der Waals surface area contributed by atoms with E-state index < -0.39 is 11.8 Å². The molecule has 3 nitrogen and oxygen atoms in total. The van der Waals surface area contributed by atoms with Gasteiger partial charge in [0.2, 0.25) is 5.78 Å². The summed E-state index contributed by atoms with van der Waals surface area (Å²) in [5.41, 5.74) is 3.24. The van der Waals surface area contributed by atoms with Gasteiger partial charge in [-0.2, -0.15) is 0 Å². The summed E-state index contributed by atoms with van der Waals surface area (Å²) in [6.45, 7) is 0. The molecule has 0 heterocycles. The average Bonchev–Trinajstić information content (AvgIpc) is 2.46. The average molecular weight is 318 g/mol. The van der Waals surface area contributed by atoms with Gasteiger partial charge in [-0.1, -0.05) is 64.5 Å². The smallest absolute Gasteiger partial charge is 0.208 e. The summed E-state index contributed by atoms with van der Waals surface area (Å²) < 4.78 is 0. The van der Waals surface area contributed by atoms with Crippen molar-refractivity contribution in [2.75, 3.05) is 0 Å². The van der Waals surface area contributed by atoms with Crippen LogP contribution in [0.4, 0.5) is 0 Å². The van der Waals surface area contributed by atoms with Crippen molar-refractivity contribution in [3.05, 3.63) is 59.7 Å². The number of Topliss-reactive ketones (excluding diaryl/α,β-unsaturated/α-hetero) is 1. The predicted octanol–water partition coefficient (Wildman–Crippen LogP) is 2.18. The van der Waals surface area contributed by atoms with Crippen molar-refractivity contribution in [1.82, 2.24) is 0 Å². The van der Waals surface area contributed by atoms with E-state index in [1.807, 2.05) is 24.3 Å². The van der Waals surface area contributed by atoms with Gasteiger partial charge in [-0.3, -0.25) is 4.79 Å². The summed E-state index contributed by atoms with van der Waals surface area (Å²) in [7, 11) is 0. The lowest BCUT2D eigenvalue weighted by Crippen LogP contribution is -2.31. The fourth-order valence-electron chi connectivity index (χ4n) is 1.72. The molecule has 96 valence electrons. The van der Waals surface area contributed by atoms with Gasteiger partial charge in [0.05, 0.1) is 0 Å². The Hall–Kier alpha value is -1.94. The first-order chi connectivity index (χ1) is 9.11. The van der Waals surface area contributed by atoms with E-state index in [0.717, 1.165) is 16.5 Å². The van der Waals surface area contributed by atoms with Crippen LogP contribution in [0.15, 0.2) is 48.5 Å². The minimum absolute atomic E-state index is 0.126. The molecule has 0 aliphatic rings. The number of carbonyl (C=O) groups is 2. The van der Waals surface area contributed by atoms with Gasteiger partial charge >= 0.3 is 0 Å². The summed E-state index contributed by atoms with van der Waals surface area (Å²) in [4.78, 5) is 21.7. The van der Waals surface area contributed by atoms with Gasteiger partial charge in [0.25, 0.3) is 0 Å². The van der Waals surface area contributed by atoms with E-state index in [4.69, 9.17) is 0 Å². The standard InChI is InChI=1S/C15H11BrO3/c16-9-10-1-3-11(4-2-10)12-5-7-13(8-6-12)14(17)15(18)19/h1-8H,9H2,(H,18,19)/p-1. The molecule has 0 unspecified atom stereocenters. The van der Waals surface area contributed by atoms with Crippen LogP contribution in [-0.2, 0) is 10.1 Å². The molecule has 2 aromatic carbocycles. The highest BCUT2D eigenvalue weighted by Crippen LogP contribution is 2.21. The summed E-state index contributed by atoms with van der Waals surface area (Å²) in [5, 5.41) is 11.3. The van der Waals surface area contributed by atoms with E-state index in [-0.39, 0.29) is 5.56 Å². The van der Waals surface area contributed by atoms with Crippen molar-refractivity contribution in [1.29, 1.82) is 0 Å². The van der Waals surface area contributed by atoms with Gasteiger partial charge in [-0.05, 0) is 16.7 Å². The molecule has 0 radical (unpaired) electrons. The second kappa shape index (κ2) is 5.80. The monoisotopic (exact) mass is 317 g/mol. The van der Waals surface area contributed by atoms with Crippen LogP contribution in [0.1, 0.15) is 15.9 Å². The molecular formula is C15H10BrO3-. The van der Waals surface area contributed by atoms with E-state index in [2.05, 4.69) is 15.9 Å². The highest BCUT2D eigenvalue weighted by Gasteiger charge is 2.06. The zero-order chi connectivity index (χ0) is 13.8. The number of hydrogen-bond acceptors (Lipinski definition) is 3. The van der Waals surface area contributed by atoms with Crippen molar-refractivity contribution >= 4 is 27.7 Å². The maximum Gasteiger partial charge on any atom is 0.208 e. The van der Waals surface area contributed by atoms with Crippen LogP contribution in [0.3, 0.4) is 0 Å². The SMILES string of the molecule is O=C([O-])C(=O)c1ccc(-c2ccc(CBr)cc2)cc1. The Labute approximate surface area is 119 Å². The Morgan fingerprint density at radius 3 is 1.79 bits per heavy atom. The van der Waals surface area contributed by atoms with Crippen LogP contribution in [0.2, 0.25) is 0 Å². The van der Waals surface area contributed by atoms with E-state index in [0.29, 0.717) is 0 Å². The molecule has 0 N–H and O–H groups in total. The number of ketones is 1. The maximum absolute atomic E-state index is 11.2. The number of carbonyl (C=O) groups excluding carboxylic acids is 2. The molecular weight excluding hydrogens is 308 g/mol. The van der Waals surface area contributed by atoms with Crippen molar-refractivity contribution < 1.29 is 14.7 Å². The summed E-state index contributed by atoms with van der Waals surface area (Å²) in [5.74, 6) is -2.68. The minimum atomic E-state index is -1.69. The molecule has 0 saturated heterocycles. The molecule has 0 spiro atoms. The van der Waals surface area contributed by atoms with E-state index in [9.17, 15) is 14.7 Å². The Balaban J connectivity index is 2.26. The minimum Gasteiger partial charge on any atom is -0.541 e. The Bertz CT molecular complexity index is 600. The number of rotatable bonds is 4. The van der Waals surface area contributed by atoms with Gasteiger partial charge < -0.3 is 9.90 Å². The number of aliphatic carboxylic acids is 1. The zero-order valence-corrected chi connectivity index (χ0v) is 11.5. The van der Waals surface area contributed by atoms with E-state index in [1.165, 1.54) is 17.7 Å². The summed E-state index contributed by atoms with van der Waals surface area (Å²) in [6.07, 6.45) is 0. The summed E-state index contributed by atoms with van der Waals surface area (Å²) >= 11 is 3.38. The number of halogens is 1. The van der Waals surface area contributed by atoms with E-state index in [1.54, 1.807) is 12.1 Å². The van der Waals surface area contributed by atoms with Crippen LogP contribution in [0.25, 0.3) is 11.1 Å². The second-order valence-corrected chi connectivity index (χ2v) is 4.59. The number of carboxylic acids is 1. The largest absolute Gasteiger partial charge is 0.541 e. The Kier molecular flexibility index (Phi) is 4.12. The first-order valence-corrected chi connectivity index (χ1v) is 6.75. The lowest BCUT2D eigenvalue weighted by Gasteiger charge is -2.05. The van der Waals surface area contributed by atoms with Crippen molar-refractivity contribution in [3.8, 4) is 11.1 Å². The maximum atomic E-state index is 11.2. The fourth-order valence-corrected chi connectivity index (χ4v) is 2.09. The number of benzene rings is 2. The molecule has 0 aliphatic heterocycles. The van der Waals surface area contributed by atoms with Crippen LogP contribution in [-0.4, -0.2) is 11.8 Å². The molecule has 0 aliphatic carbocycles. The Morgan fingerprint density at radius 1 is 0.895 bits per heavy atom. The predicted molar refractivity (Wildman–Crippen MR) is 73.8 cm³/mol. The highest BCUT2D eigenvalue weighted by atomic mass is 79.9. The molecule has 2 aromatic rings. The molecule has 4 heteroatoms. The first kappa shape index (κ1) is 13.5. The lowest BCUT2D eigenvalue weighted by atomic mass is 10.0. The third kappa shape index (κ3) is 3.09. The Morgan fingerprint density at radius 2 is 1.37 bits per heavy atom. The highest BCUT2D eigenvalue weighted by molar-refractivity contribution is 9.08. The number of hydrogen-bond donors (Lipinski definition) is 0. The zero-order valence-electron chi connectivity index (χ0n) is 9.93. The van der Waals surface area contributed by atoms with Crippen LogP contribution in [0, 0.1) is 0 Å². The van der Waals surface area contributed by atoms with Crippen LogP contribution in [0.5, 0.6) is 0 Å². The van der Waals surface area contributed by atoms with Gasteiger partial charge in [0.15, 0.2) is 0 Å². The topological polar surface area (TPSA) is 57.2 Å². The quantitative estimate of drug-likeness (QED) is 0.493. The third-order valence-electron chi connectivity index (χ3n) is 2.77. The lowest BCUT2D eigenvalue weighted by molar-refractivity contribution is -0.296. The summed E-state index contributed by atoms with van der Waals surface area (Å²) in [6, 6.07) is 14.4. The van der Waals surface area contributed by atoms with Crippen molar-refractivity contribution in [3.63, 3.8) is 0 Å². The normalized spacial score (nSPS) is 10.2. The molecule has 0 fully saturated rings. The molecule has 0 atom stereocenters.